The van der Waals surface area contributed by atoms with Crippen molar-refractivity contribution >= 4 is 24.6 Å². The van der Waals surface area contributed by atoms with Crippen LogP contribution in [0.2, 0.25) is 0 Å². The van der Waals surface area contributed by atoms with Gasteiger partial charge in [0.25, 0.3) is 0 Å². The van der Waals surface area contributed by atoms with Crippen LogP contribution < -0.4 is 4.74 Å². The SMILES string of the molecule is CCN(CC)CCOc1cccc(/C=C\c2ccccc2)c1.Cl. The Hall–Kier alpha value is -1.77. The Morgan fingerprint density at radius 3 is 2.22 bits per heavy atom. The van der Waals surface area contributed by atoms with Gasteiger partial charge in [0.1, 0.15) is 12.4 Å². The van der Waals surface area contributed by atoms with Gasteiger partial charge in [-0.05, 0) is 36.3 Å². The average molecular weight is 332 g/mol. The molecular formula is C20H26ClNO. The zero-order valence-corrected chi connectivity index (χ0v) is 14.8. The predicted octanol–water partition coefficient (Wildman–Crippen LogP) is 5.00. The van der Waals surface area contributed by atoms with E-state index in [9.17, 15) is 0 Å². The van der Waals surface area contributed by atoms with E-state index in [-0.39, 0.29) is 12.4 Å². The maximum Gasteiger partial charge on any atom is 0.119 e. The zero-order valence-electron chi connectivity index (χ0n) is 13.9. The van der Waals surface area contributed by atoms with Crippen LogP contribution in [0, 0.1) is 0 Å². The molecule has 0 aliphatic rings. The lowest BCUT2D eigenvalue weighted by molar-refractivity contribution is 0.223. The summed E-state index contributed by atoms with van der Waals surface area (Å²) >= 11 is 0. The lowest BCUT2D eigenvalue weighted by Crippen LogP contribution is -2.27. The second kappa shape index (κ2) is 10.9. The van der Waals surface area contributed by atoms with Crippen LogP contribution in [0.5, 0.6) is 5.75 Å². The van der Waals surface area contributed by atoms with E-state index in [1.165, 1.54) is 5.56 Å². The van der Waals surface area contributed by atoms with Crippen molar-refractivity contribution in [1.29, 1.82) is 0 Å². The minimum Gasteiger partial charge on any atom is -0.492 e. The second-order valence-corrected chi connectivity index (χ2v) is 5.19. The van der Waals surface area contributed by atoms with E-state index in [0.29, 0.717) is 0 Å². The van der Waals surface area contributed by atoms with Gasteiger partial charge < -0.3 is 9.64 Å². The third-order valence-electron chi connectivity index (χ3n) is 3.70. The molecule has 0 aromatic heterocycles. The van der Waals surface area contributed by atoms with Crippen LogP contribution >= 0.6 is 12.4 Å². The fraction of sp³-hybridized carbons (Fsp3) is 0.300. The lowest BCUT2D eigenvalue weighted by atomic mass is 10.1. The van der Waals surface area contributed by atoms with E-state index < -0.39 is 0 Å². The molecule has 0 bridgehead atoms. The molecule has 0 radical (unpaired) electrons. The van der Waals surface area contributed by atoms with Crippen molar-refractivity contribution in [2.24, 2.45) is 0 Å². The van der Waals surface area contributed by atoms with Crippen molar-refractivity contribution in [3.8, 4) is 5.75 Å². The third-order valence-corrected chi connectivity index (χ3v) is 3.70. The molecule has 0 spiro atoms. The van der Waals surface area contributed by atoms with Gasteiger partial charge in [0.05, 0.1) is 0 Å². The highest BCUT2D eigenvalue weighted by Gasteiger charge is 2.00. The Morgan fingerprint density at radius 2 is 1.52 bits per heavy atom. The predicted molar refractivity (Wildman–Crippen MR) is 102 cm³/mol. The topological polar surface area (TPSA) is 12.5 Å². The number of rotatable bonds is 8. The molecule has 0 amide bonds. The van der Waals surface area contributed by atoms with E-state index in [1.54, 1.807) is 0 Å². The highest BCUT2D eigenvalue weighted by atomic mass is 35.5. The van der Waals surface area contributed by atoms with Gasteiger partial charge in [-0.2, -0.15) is 0 Å². The van der Waals surface area contributed by atoms with Crippen molar-refractivity contribution in [3.05, 3.63) is 65.7 Å². The molecule has 2 rings (SSSR count). The normalized spacial score (nSPS) is 10.7. The van der Waals surface area contributed by atoms with Crippen LogP contribution in [0.3, 0.4) is 0 Å². The minimum atomic E-state index is 0. The van der Waals surface area contributed by atoms with Gasteiger partial charge in [-0.15, -0.1) is 12.4 Å². The Kier molecular flexibility index (Phi) is 9.11. The summed E-state index contributed by atoms with van der Waals surface area (Å²) in [5, 5.41) is 0. The summed E-state index contributed by atoms with van der Waals surface area (Å²) in [6.45, 7) is 8.20. The number of benzene rings is 2. The molecular weight excluding hydrogens is 306 g/mol. The van der Waals surface area contributed by atoms with Crippen molar-refractivity contribution in [3.63, 3.8) is 0 Å². The average Bonchev–Trinajstić information content (AvgIpc) is 2.58. The molecule has 0 saturated carbocycles. The Bertz CT molecular complexity index is 579. The van der Waals surface area contributed by atoms with E-state index in [1.807, 2.05) is 30.3 Å². The van der Waals surface area contributed by atoms with Gasteiger partial charge in [0.15, 0.2) is 0 Å². The van der Waals surface area contributed by atoms with E-state index in [2.05, 4.69) is 55.2 Å². The summed E-state index contributed by atoms with van der Waals surface area (Å²) < 4.78 is 5.86. The maximum absolute atomic E-state index is 5.86. The van der Waals surface area contributed by atoms with Crippen molar-refractivity contribution < 1.29 is 4.74 Å². The van der Waals surface area contributed by atoms with Crippen LogP contribution in [-0.4, -0.2) is 31.1 Å². The Labute approximate surface area is 146 Å². The molecule has 23 heavy (non-hydrogen) atoms. The summed E-state index contributed by atoms with van der Waals surface area (Å²) in [6.07, 6.45) is 4.24. The highest BCUT2D eigenvalue weighted by molar-refractivity contribution is 5.85. The smallest absolute Gasteiger partial charge is 0.119 e. The fourth-order valence-electron chi connectivity index (χ4n) is 2.30. The quantitative estimate of drug-likeness (QED) is 0.631. The number of hydrogen-bond donors (Lipinski definition) is 0. The highest BCUT2D eigenvalue weighted by Crippen LogP contribution is 2.16. The number of likely N-dealkylation sites (N-methyl/N-ethyl adjacent to an activating group) is 1. The van der Waals surface area contributed by atoms with E-state index in [4.69, 9.17) is 4.74 Å². The van der Waals surface area contributed by atoms with Crippen LogP contribution in [0.25, 0.3) is 12.2 Å². The van der Waals surface area contributed by atoms with Gasteiger partial charge in [-0.25, -0.2) is 0 Å². The molecule has 0 fully saturated rings. The monoisotopic (exact) mass is 331 g/mol. The summed E-state index contributed by atoms with van der Waals surface area (Å²) in [7, 11) is 0. The number of hydrogen-bond acceptors (Lipinski definition) is 2. The van der Waals surface area contributed by atoms with Crippen LogP contribution in [0.1, 0.15) is 25.0 Å². The summed E-state index contributed by atoms with van der Waals surface area (Å²) in [6, 6.07) is 18.6. The van der Waals surface area contributed by atoms with Gasteiger partial charge in [-0.1, -0.05) is 68.5 Å². The summed E-state index contributed by atoms with van der Waals surface area (Å²) in [5.74, 6) is 0.933. The summed E-state index contributed by atoms with van der Waals surface area (Å²) in [5.41, 5.74) is 2.36. The minimum absolute atomic E-state index is 0. The van der Waals surface area contributed by atoms with Crippen LogP contribution in [-0.2, 0) is 0 Å². The largest absolute Gasteiger partial charge is 0.492 e. The van der Waals surface area contributed by atoms with Gasteiger partial charge in [-0.3, -0.25) is 0 Å². The number of halogens is 1. The van der Waals surface area contributed by atoms with Crippen LogP contribution in [0.4, 0.5) is 0 Å². The fourth-order valence-corrected chi connectivity index (χ4v) is 2.30. The Balaban J connectivity index is 0.00000264. The summed E-state index contributed by atoms with van der Waals surface area (Å²) in [4.78, 5) is 2.36. The molecule has 0 N–H and O–H groups in total. The maximum atomic E-state index is 5.86. The van der Waals surface area contributed by atoms with E-state index >= 15 is 0 Å². The zero-order chi connectivity index (χ0) is 15.6. The first kappa shape index (κ1) is 19.3. The molecule has 0 unspecified atom stereocenters. The van der Waals surface area contributed by atoms with Gasteiger partial charge in [0, 0.05) is 6.54 Å². The molecule has 2 aromatic carbocycles. The number of nitrogens with zero attached hydrogens (tertiary/aromatic N) is 1. The molecule has 0 aliphatic heterocycles. The molecule has 0 aliphatic carbocycles. The standard InChI is InChI=1S/C20H25NO.ClH/c1-3-21(4-2)15-16-22-20-12-8-11-19(17-20)14-13-18-9-6-5-7-10-18;/h5-14,17H,3-4,15-16H2,1-2H3;1H/b14-13-;. The number of ether oxygens (including phenoxy) is 1. The van der Waals surface area contributed by atoms with E-state index in [0.717, 1.165) is 37.6 Å². The van der Waals surface area contributed by atoms with Crippen molar-refractivity contribution in [1.82, 2.24) is 4.90 Å². The van der Waals surface area contributed by atoms with Gasteiger partial charge in [0.2, 0.25) is 0 Å². The Morgan fingerprint density at radius 1 is 0.870 bits per heavy atom. The molecule has 3 heteroatoms. The lowest BCUT2D eigenvalue weighted by Gasteiger charge is -2.18. The first-order chi connectivity index (χ1) is 10.8. The van der Waals surface area contributed by atoms with Crippen molar-refractivity contribution in [2.75, 3.05) is 26.2 Å². The van der Waals surface area contributed by atoms with Crippen molar-refractivity contribution in [2.45, 2.75) is 13.8 Å². The first-order valence-electron chi connectivity index (χ1n) is 8.00. The second-order valence-electron chi connectivity index (χ2n) is 5.19. The molecule has 124 valence electrons. The first-order valence-corrected chi connectivity index (χ1v) is 8.00. The molecule has 2 aromatic rings. The molecule has 0 atom stereocenters. The molecule has 0 saturated heterocycles. The molecule has 0 heterocycles. The van der Waals surface area contributed by atoms with Crippen LogP contribution in [0.15, 0.2) is 54.6 Å². The third kappa shape index (κ3) is 6.89. The van der Waals surface area contributed by atoms with Gasteiger partial charge >= 0.3 is 0 Å². The molecule has 2 nitrogen and oxygen atoms in total.